The van der Waals surface area contributed by atoms with Crippen LogP contribution < -0.4 is 5.32 Å². The van der Waals surface area contributed by atoms with Crippen molar-refractivity contribution in [3.63, 3.8) is 0 Å². The summed E-state index contributed by atoms with van der Waals surface area (Å²) >= 11 is 0. The van der Waals surface area contributed by atoms with Crippen LogP contribution in [0.15, 0.2) is 12.7 Å². The fourth-order valence-electron chi connectivity index (χ4n) is 0.747. The molecule has 0 aromatic heterocycles. The average molecular weight is 143 g/mol. The van der Waals surface area contributed by atoms with Crippen LogP contribution in [0.2, 0.25) is 0 Å². The number of carboxylic acid groups (broad SMARTS) is 1. The van der Waals surface area contributed by atoms with E-state index in [1.807, 2.05) is 6.92 Å². The van der Waals surface area contributed by atoms with Gasteiger partial charge in [-0.15, -0.1) is 6.58 Å². The first-order valence-electron chi connectivity index (χ1n) is 3.16. The standard InChI is InChI=1S/C7H13NO2/c1-4-5(2)6(8-3)7(9)10/h4-6,8H,1H2,2-3H3,(H,9,10)/t5-,6+/m0/s1. The van der Waals surface area contributed by atoms with Crippen molar-refractivity contribution < 1.29 is 9.90 Å². The van der Waals surface area contributed by atoms with Gasteiger partial charge in [0.1, 0.15) is 6.04 Å². The average Bonchev–Trinajstić information content (AvgIpc) is 1.88. The molecule has 0 aliphatic heterocycles. The van der Waals surface area contributed by atoms with Gasteiger partial charge in [-0.1, -0.05) is 13.0 Å². The highest BCUT2D eigenvalue weighted by Gasteiger charge is 2.19. The first-order valence-corrected chi connectivity index (χ1v) is 3.16. The predicted octanol–water partition coefficient (Wildman–Crippen LogP) is 0.481. The molecule has 0 fully saturated rings. The van der Waals surface area contributed by atoms with Crippen LogP contribution in [0.25, 0.3) is 0 Å². The van der Waals surface area contributed by atoms with E-state index in [-0.39, 0.29) is 5.92 Å². The smallest absolute Gasteiger partial charge is 0.321 e. The molecule has 10 heavy (non-hydrogen) atoms. The third kappa shape index (κ3) is 2.19. The quantitative estimate of drug-likeness (QED) is 0.563. The number of carboxylic acids is 1. The van der Waals surface area contributed by atoms with E-state index in [0.29, 0.717) is 0 Å². The van der Waals surface area contributed by atoms with Crippen molar-refractivity contribution in [2.75, 3.05) is 7.05 Å². The van der Waals surface area contributed by atoms with Gasteiger partial charge in [-0.25, -0.2) is 0 Å². The van der Waals surface area contributed by atoms with Crippen LogP contribution >= 0.6 is 0 Å². The van der Waals surface area contributed by atoms with Gasteiger partial charge in [-0.3, -0.25) is 4.79 Å². The Labute approximate surface area is 60.7 Å². The van der Waals surface area contributed by atoms with Gasteiger partial charge < -0.3 is 10.4 Å². The van der Waals surface area contributed by atoms with E-state index in [1.165, 1.54) is 0 Å². The van der Waals surface area contributed by atoms with Gasteiger partial charge in [0.25, 0.3) is 0 Å². The molecule has 0 saturated heterocycles. The van der Waals surface area contributed by atoms with Gasteiger partial charge >= 0.3 is 5.97 Å². The van der Waals surface area contributed by atoms with E-state index in [0.717, 1.165) is 0 Å². The van der Waals surface area contributed by atoms with E-state index < -0.39 is 12.0 Å². The summed E-state index contributed by atoms with van der Waals surface area (Å²) in [5, 5.41) is 11.2. The Hall–Kier alpha value is -0.830. The van der Waals surface area contributed by atoms with Crippen molar-refractivity contribution in [2.45, 2.75) is 13.0 Å². The van der Waals surface area contributed by atoms with Crippen molar-refractivity contribution in [2.24, 2.45) is 5.92 Å². The van der Waals surface area contributed by atoms with Crippen LogP contribution in [0.5, 0.6) is 0 Å². The summed E-state index contributed by atoms with van der Waals surface area (Å²) in [5.41, 5.74) is 0. The third-order valence-electron chi connectivity index (χ3n) is 1.47. The summed E-state index contributed by atoms with van der Waals surface area (Å²) in [6, 6.07) is -0.516. The minimum atomic E-state index is -0.838. The molecule has 0 radical (unpaired) electrons. The van der Waals surface area contributed by atoms with Crippen LogP contribution in [0.3, 0.4) is 0 Å². The first kappa shape index (κ1) is 9.17. The Morgan fingerprint density at radius 3 is 2.40 bits per heavy atom. The minimum absolute atomic E-state index is 0.0394. The number of rotatable bonds is 4. The summed E-state index contributed by atoms with van der Waals surface area (Å²) in [6.45, 7) is 5.32. The van der Waals surface area contributed by atoms with E-state index >= 15 is 0 Å². The lowest BCUT2D eigenvalue weighted by atomic mass is 10.0. The number of hydrogen-bond acceptors (Lipinski definition) is 2. The Morgan fingerprint density at radius 1 is 1.80 bits per heavy atom. The van der Waals surface area contributed by atoms with E-state index in [2.05, 4.69) is 11.9 Å². The summed E-state index contributed by atoms with van der Waals surface area (Å²) in [5.74, 6) is -0.877. The molecule has 0 unspecified atom stereocenters. The zero-order chi connectivity index (χ0) is 8.15. The molecule has 58 valence electrons. The van der Waals surface area contributed by atoms with Crippen LogP contribution in [0.4, 0.5) is 0 Å². The van der Waals surface area contributed by atoms with Crippen molar-refractivity contribution in [1.29, 1.82) is 0 Å². The second kappa shape index (κ2) is 4.06. The highest BCUT2D eigenvalue weighted by Crippen LogP contribution is 2.02. The summed E-state index contributed by atoms with van der Waals surface area (Å²) in [4.78, 5) is 10.4. The maximum Gasteiger partial charge on any atom is 0.321 e. The Morgan fingerprint density at radius 2 is 2.30 bits per heavy atom. The molecule has 0 aliphatic carbocycles. The van der Waals surface area contributed by atoms with Crippen molar-refractivity contribution in [3.8, 4) is 0 Å². The lowest BCUT2D eigenvalue weighted by Crippen LogP contribution is -2.38. The molecule has 3 nitrogen and oxygen atoms in total. The normalized spacial score (nSPS) is 15.8. The SMILES string of the molecule is C=C[C@H](C)[C@@H](NC)C(=O)O. The van der Waals surface area contributed by atoms with Crippen molar-refractivity contribution in [3.05, 3.63) is 12.7 Å². The molecule has 3 heteroatoms. The lowest BCUT2D eigenvalue weighted by molar-refractivity contribution is -0.140. The van der Waals surface area contributed by atoms with Crippen molar-refractivity contribution >= 4 is 5.97 Å². The van der Waals surface area contributed by atoms with Crippen molar-refractivity contribution in [1.82, 2.24) is 5.32 Å². The molecule has 2 N–H and O–H groups in total. The third-order valence-corrected chi connectivity index (χ3v) is 1.47. The number of carbonyl (C=O) groups is 1. The monoisotopic (exact) mass is 143 g/mol. The van der Waals surface area contributed by atoms with Crippen LogP contribution in [0.1, 0.15) is 6.92 Å². The lowest BCUT2D eigenvalue weighted by Gasteiger charge is -2.14. The molecule has 0 aliphatic rings. The summed E-state index contributed by atoms with van der Waals surface area (Å²) in [6.07, 6.45) is 1.62. The molecule has 0 heterocycles. The van der Waals surface area contributed by atoms with Gasteiger partial charge in [0.2, 0.25) is 0 Å². The highest BCUT2D eigenvalue weighted by atomic mass is 16.4. The van der Waals surface area contributed by atoms with Crippen LogP contribution in [0, 0.1) is 5.92 Å². The molecule has 2 atom stereocenters. The van der Waals surface area contributed by atoms with Gasteiger partial charge in [0.15, 0.2) is 0 Å². The zero-order valence-corrected chi connectivity index (χ0v) is 6.29. The topological polar surface area (TPSA) is 49.3 Å². The largest absolute Gasteiger partial charge is 0.480 e. The second-order valence-corrected chi connectivity index (χ2v) is 2.20. The Balaban J connectivity index is 4.05. The molecule has 0 rings (SSSR count). The molecular formula is C7H13NO2. The van der Waals surface area contributed by atoms with E-state index in [4.69, 9.17) is 5.11 Å². The van der Waals surface area contributed by atoms with E-state index in [1.54, 1.807) is 13.1 Å². The fraction of sp³-hybridized carbons (Fsp3) is 0.571. The fourth-order valence-corrected chi connectivity index (χ4v) is 0.747. The number of hydrogen-bond donors (Lipinski definition) is 2. The molecule has 0 aromatic rings. The predicted molar refractivity (Wildman–Crippen MR) is 39.8 cm³/mol. The number of aliphatic carboxylic acids is 1. The molecular weight excluding hydrogens is 130 g/mol. The Bertz CT molecular complexity index is 134. The van der Waals surface area contributed by atoms with Gasteiger partial charge in [-0.2, -0.15) is 0 Å². The summed E-state index contributed by atoms with van der Waals surface area (Å²) in [7, 11) is 1.62. The maximum absolute atomic E-state index is 10.4. The molecule has 0 spiro atoms. The summed E-state index contributed by atoms with van der Waals surface area (Å²) < 4.78 is 0. The van der Waals surface area contributed by atoms with E-state index in [9.17, 15) is 4.79 Å². The first-order chi connectivity index (χ1) is 4.63. The number of likely N-dealkylation sites (N-methyl/N-ethyl adjacent to an activating group) is 1. The minimum Gasteiger partial charge on any atom is -0.480 e. The number of nitrogens with one attached hydrogen (secondary N) is 1. The Kier molecular flexibility index (Phi) is 3.72. The highest BCUT2D eigenvalue weighted by molar-refractivity contribution is 5.74. The molecule has 0 amide bonds. The van der Waals surface area contributed by atoms with Gasteiger partial charge in [-0.05, 0) is 13.0 Å². The zero-order valence-electron chi connectivity index (χ0n) is 6.29. The van der Waals surface area contributed by atoms with Crippen LogP contribution in [-0.4, -0.2) is 24.2 Å². The molecule has 0 saturated carbocycles. The van der Waals surface area contributed by atoms with Crippen LogP contribution in [-0.2, 0) is 4.79 Å². The second-order valence-electron chi connectivity index (χ2n) is 2.20. The molecule has 0 aromatic carbocycles. The molecule has 0 bridgehead atoms. The maximum atomic E-state index is 10.4. The van der Waals surface area contributed by atoms with Gasteiger partial charge in [0.05, 0.1) is 0 Å². The van der Waals surface area contributed by atoms with Gasteiger partial charge in [0, 0.05) is 0 Å².